The van der Waals surface area contributed by atoms with Crippen molar-refractivity contribution in [2.45, 2.75) is 38.5 Å². The van der Waals surface area contributed by atoms with Gasteiger partial charge in [-0.3, -0.25) is 4.79 Å². The summed E-state index contributed by atoms with van der Waals surface area (Å²) >= 11 is 1.77. The lowest BCUT2D eigenvalue weighted by Gasteiger charge is -2.19. The molecule has 0 radical (unpaired) electrons. The number of thiazole rings is 1. The van der Waals surface area contributed by atoms with Crippen LogP contribution in [-0.2, 0) is 22.4 Å². The minimum absolute atomic E-state index is 0.104. The average molecular weight is 282 g/mol. The minimum atomic E-state index is -0.131. The molecular weight excluding hydrogens is 260 g/mol. The fourth-order valence-corrected chi connectivity index (χ4v) is 3.53. The number of hydrogen-bond acceptors (Lipinski definition) is 5. The molecular formula is C14H22N2O2S. The summed E-state index contributed by atoms with van der Waals surface area (Å²) in [5.41, 5.74) is 0.989. The number of esters is 1. The Balaban J connectivity index is 2.12. The van der Waals surface area contributed by atoms with Crippen LogP contribution in [0.4, 0.5) is 0 Å². The van der Waals surface area contributed by atoms with E-state index in [2.05, 4.69) is 19.0 Å². The highest BCUT2D eigenvalue weighted by Crippen LogP contribution is 2.35. The molecule has 5 heteroatoms. The molecule has 0 aromatic carbocycles. The molecule has 4 nitrogen and oxygen atoms in total. The summed E-state index contributed by atoms with van der Waals surface area (Å²) in [7, 11) is 4.13. The summed E-state index contributed by atoms with van der Waals surface area (Å²) in [6.45, 7) is 3.30. The Morgan fingerprint density at radius 3 is 3.00 bits per heavy atom. The van der Waals surface area contributed by atoms with E-state index < -0.39 is 0 Å². The number of aryl methyl sites for hydroxylation is 1. The van der Waals surface area contributed by atoms with Crippen molar-refractivity contribution in [1.82, 2.24) is 9.88 Å². The largest absolute Gasteiger partial charge is 0.465 e. The molecule has 2 rings (SSSR count). The number of hydrogen-bond donors (Lipinski definition) is 0. The van der Waals surface area contributed by atoms with Gasteiger partial charge in [0.05, 0.1) is 17.3 Å². The van der Waals surface area contributed by atoms with Gasteiger partial charge in [0.25, 0.3) is 0 Å². The second-order valence-electron chi connectivity index (χ2n) is 5.17. The number of carbonyl (C=O) groups excluding carboxylic acids is 1. The molecule has 1 unspecified atom stereocenters. The molecule has 1 aliphatic rings. The first-order chi connectivity index (χ1) is 9.11. The molecule has 0 amide bonds. The Bertz CT molecular complexity index is 443. The summed E-state index contributed by atoms with van der Waals surface area (Å²) in [5, 5.41) is 1.15. The topological polar surface area (TPSA) is 42.4 Å². The predicted molar refractivity (Wildman–Crippen MR) is 76.7 cm³/mol. The number of aromatic nitrogens is 1. The third-order valence-electron chi connectivity index (χ3n) is 3.34. The molecule has 1 aromatic rings. The van der Waals surface area contributed by atoms with Gasteiger partial charge in [0.2, 0.25) is 0 Å². The van der Waals surface area contributed by atoms with E-state index in [0.29, 0.717) is 6.61 Å². The number of likely N-dealkylation sites (N-methyl/N-ethyl adjacent to an activating group) is 1. The Kier molecular flexibility index (Phi) is 4.93. The van der Waals surface area contributed by atoms with Crippen LogP contribution in [0.5, 0.6) is 0 Å². The molecule has 0 spiro atoms. The Morgan fingerprint density at radius 2 is 2.32 bits per heavy atom. The summed E-state index contributed by atoms with van der Waals surface area (Å²) < 4.78 is 5.16. The number of rotatable bonds is 5. The molecule has 1 aromatic heterocycles. The summed E-state index contributed by atoms with van der Waals surface area (Å²) in [6.07, 6.45) is 3.96. The molecule has 1 atom stereocenters. The lowest BCUT2D eigenvalue weighted by atomic mass is 9.91. The highest BCUT2D eigenvalue weighted by atomic mass is 32.1. The average Bonchev–Trinajstić information content (AvgIpc) is 2.79. The predicted octanol–water partition coefficient (Wildman–Crippen LogP) is 2.23. The van der Waals surface area contributed by atoms with Crippen molar-refractivity contribution in [2.75, 3.05) is 27.2 Å². The van der Waals surface area contributed by atoms with Gasteiger partial charge < -0.3 is 9.64 Å². The first kappa shape index (κ1) is 14.5. The van der Waals surface area contributed by atoms with Gasteiger partial charge in [-0.1, -0.05) is 0 Å². The summed E-state index contributed by atoms with van der Waals surface area (Å²) in [5.74, 6) is -0.235. The zero-order valence-electron chi connectivity index (χ0n) is 11.9. The zero-order chi connectivity index (χ0) is 13.8. The van der Waals surface area contributed by atoms with E-state index in [1.54, 1.807) is 11.3 Å². The third kappa shape index (κ3) is 3.54. The van der Waals surface area contributed by atoms with Gasteiger partial charge in [-0.2, -0.15) is 0 Å². The van der Waals surface area contributed by atoms with Gasteiger partial charge in [0.1, 0.15) is 5.92 Å². The summed E-state index contributed by atoms with van der Waals surface area (Å²) in [4.78, 5) is 20.1. The molecule has 0 aliphatic heterocycles. The minimum Gasteiger partial charge on any atom is -0.465 e. The van der Waals surface area contributed by atoms with Crippen LogP contribution < -0.4 is 0 Å². The van der Waals surface area contributed by atoms with E-state index in [1.807, 2.05) is 6.92 Å². The maximum atomic E-state index is 12.0. The number of fused-ring (bicyclic) bond motifs is 1. The van der Waals surface area contributed by atoms with Crippen LogP contribution in [0.1, 0.15) is 41.3 Å². The fraction of sp³-hybridized carbons (Fsp3) is 0.714. The quantitative estimate of drug-likeness (QED) is 0.777. The molecule has 1 heterocycles. The summed E-state index contributed by atoms with van der Waals surface area (Å²) in [6, 6.07) is 0. The molecule has 0 bridgehead atoms. The molecule has 0 fully saturated rings. The molecule has 1 aliphatic carbocycles. The maximum Gasteiger partial charge on any atom is 0.315 e. The Morgan fingerprint density at radius 1 is 1.53 bits per heavy atom. The van der Waals surface area contributed by atoms with E-state index >= 15 is 0 Å². The highest BCUT2D eigenvalue weighted by Gasteiger charge is 2.31. The van der Waals surface area contributed by atoms with Crippen LogP contribution in [0.3, 0.4) is 0 Å². The third-order valence-corrected chi connectivity index (χ3v) is 4.53. The van der Waals surface area contributed by atoms with Gasteiger partial charge >= 0.3 is 5.97 Å². The van der Waals surface area contributed by atoms with Gasteiger partial charge in [0.15, 0.2) is 0 Å². The first-order valence-electron chi connectivity index (χ1n) is 6.91. The maximum absolute atomic E-state index is 12.0. The molecule has 0 N–H and O–H groups in total. The fourth-order valence-electron chi connectivity index (χ4n) is 2.37. The molecule has 106 valence electrons. The number of ether oxygens (including phenoxy) is 1. The van der Waals surface area contributed by atoms with Crippen molar-refractivity contribution in [3.63, 3.8) is 0 Å². The SMILES string of the molecule is CCOC(=O)C1CCCc2sc(CCN(C)C)nc21. The van der Waals surface area contributed by atoms with Gasteiger partial charge in [-0.25, -0.2) is 4.98 Å². The highest BCUT2D eigenvalue weighted by molar-refractivity contribution is 7.11. The van der Waals surface area contributed by atoms with Gasteiger partial charge in [-0.05, 0) is 40.3 Å². The standard InChI is InChI=1S/C14H22N2O2S/c1-4-18-14(17)10-6-5-7-11-13(10)15-12(19-11)8-9-16(2)3/h10H,4-9H2,1-3H3. The Hall–Kier alpha value is -0.940. The molecule has 19 heavy (non-hydrogen) atoms. The van der Waals surface area contributed by atoms with Crippen molar-refractivity contribution in [3.8, 4) is 0 Å². The van der Waals surface area contributed by atoms with Crippen LogP contribution in [-0.4, -0.2) is 43.1 Å². The van der Waals surface area contributed by atoms with Crippen LogP contribution >= 0.6 is 11.3 Å². The first-order valence-corrected chi connectivity index (χ1v) is 7.73. The van der Waals surface area contributed by atoms with Crippen LogP contribution in [0.25, 0.3) is 0 Å². The second kappa shape index (κ2) is 6.48. The van der Waals surface area contributed by atoms with Crippen molar-refractivity contribution in [2.24, 2.45) is 0 Å². The second-order valence-corrected chi connectivity index (χ2v) is 6.33. The smallest absolute Gasteiger partial charge is 0.315 e. The van der Waals surface area contributed by atoms with E-state index in [0.717, 1.165) is 42.9 Å². The van der Waals surface area contributed by atoms with Crippen LogP contribution in [0.2, 0.25) is 0 Å². The van der Waals surface area contributed by atoms with E-state index in [4.69, 9.17) is 9.72 Å². The Labute approximate surface area is 118 Å². The van der Waals surface area contributed by atoms with Crippen LogP contribution in [0, 0.1) is 0 Å². The van der Waals surface area contributed by atoms with E-state index in [9.17, 15) is 4.79 Å². The van der Waals surface area contributed by atoms with Crippen LogP contribution in [0.15, 0.2) is 0 Å². The van der Waals surface area contributed by atoms with E-state index in [-0.39, 0.29) is 11.9 Å². The van der Waals surface area contributed by atoms with E-state index in [1.165, 1.54) is 4.88 Å². The molecule has 0 saturated carbocycles. The monoisotopic (exact) mass is 282 g/mol. The van der Waals surface area contributed by atoms with Crippen molar-refractivity contribution >= 4 is 17.3 Å². The number of nitrogens with zero attached hydrogens (tertiary/aromatic N) is 2. The zero-order valence-corrected chi connectivity index (χ0v) is 12.8. The lowest BCUT2D eigenvalue weighted by molar-refractivity contribution is -0.145. The van der Waals surface area contributed by atoms with Crippen molar-refractivity contribution in [3.05, 3.63) is 15.6 Å². The normalized spacial score (nSPS) is 18.4. The van der Waals surface area contributed by atoms with Crippen molar-refractivity contribution < 1.29 is 9.53 Å². The van der Waals surface area contributed by atoms with Gasteiger partial charge in [0, 0.05) is 17.8 Å². The lowest BCUT2D eigenvalue weighted by Crippen LogP contribution is -2.20. The number of carbonyl (C=O) groups is 1. The molecule has 0 saturated heterocycles. The van der Waals surface area contributed by atoms with Gasteiger partial charge in [-0.15, -0.1) is 11.3 Å². The van der Waals surface area contributed by atoms with Crippen molar-refractivity contribution in [1.29, 1.82) is 0 Å².